The van der Waals surface area contributed by atoms with E-state index in [9.17, 15) is 14.9 Å². The molecule has 1 N–H and O–H groups in total. The topological polar surface area (TPSA) is 81.5 Å². The van der Waals surface area contributed by atoms with E-state index in [1.54, 1.807) is 6.07 Å². The lowest BCUT2D eigenvalue weighted by molar-refractivity contribution is -0.385. The lowest BCUT2D eigenvalue weighted by atomic mass is 10.1. The Morgan fingerprint density at radius 3 is 2.53 bits per heavy atom. The molecule has 0 aliphatic heterocycles. The highest BCUT2D eigenvalue weighted by atomic mass is 16.6. The fourth-order valence-electron chi connectivity index (χ4n) is 1.79. The molecule has 0 unspecified atom stereocenters. The highest BCUT2D eigenvalue weighted by Crippen LogP contribution is 2.24. The zero-order chi connectivity index (χ0) is 14.4. The molecule has 0 aromatic heterocycles. The molecule has 0 saturated carbocycles. The second-order valence-corrected chi connectivity index (χ2v) is 4.14. The van der Waals surface area contributed by atoms with E-state index in [1.165, 1.54) is 19.2 Å². The van der Waals surface area contributed by atoms with Gasteiger partial charge in [0.1, 0.15) is 5.56 Å². The number of anilines is 1. The Morgan fingerprint density at radius 2 is 2.05 bits per heavy atom. The predicted octanol–water partition coefficient (Wildman–Crippen LogP) is 2.98. The van der Waals surface area contributed by atoms with Crippen LogP contribution in [0.5, 0.6) is 0 Å². The van der Waals surface area contributed by atoms with Gasteiger partial charge < -0.3 is 10.1 Å². The molecule has 0 bridgehead atoms. The van der Waals surface area contributed by atoms with Crippen LogP contribution in [0.15, 0.2) is 18.2 Å². The molecule has 1 aromatic rings. The van der Waals surface area contributed by atoms with Crippen LogP contribution in [-0.2, 0) is 4.74 Å². The van der Waals surface area contributed by atoms with Gasteiger partial charge in [-0.15, -0.1) is 0 Å². The molecule has 0 radical (unpaired) electrons. The Labute approximate surface area is 111 Å². The third kappa shape index (κ3) is 3.67. The van der Waals surface area contributed by atoms with Crippen molar-refractivity contribution in [3.8, 4) is 0 Å². The van der Waals surface area contributed by atoms with Crippen LogP contribution >= 0.6 is 0 Å². The number of ether oxygens (including phenoxy) is 1. The first kappa shape index (κ1) is 14.9. The Hall–Kier alpha value is -2.11. The number of nitrogens with one attached hydrogen (secondary N) is 1. The molecule has 0 spiro atoms. The van der Waals surface area contributed by atoms with E-state index in [-0.39, 0.29) is 17.3 Å². The number of nitro benzene ring substituents is 1. The van der Waals surface area contributed by atoms with Gasteiger partial charge in [0.05, 0.1) is 12.0 Å². The first-order chi connectivity index (χ1) is 9.03. The third-order valence-electron chi connectivity index (χ3n) is 2.95. The highest BCUT2D eigenvalue weighted by molar-refractivity contribution is 5.95. The number of hydrogen-bond acceptors (Lipinski definition) is 5. The molecule has 0 heterocycles. The number of esters is 1. The summed E-state index contributed by atoms with van der Waals surface area (Å²) in [6, 6.07) is 4.65. The largest absolute Gasteiger partial charge is 0.465 e. The van der Waals surface area contributed by atoms with Crippen LogP contribution in [0.1, 0.15) is 37.0 Å². The van der Waals surface area contributed by atoms with E-state index in [4.69, 9.17) is 0 Å². The summed E-state index contributed by atoms with van der Waals surface area (Å²) in [5, 5.41) is 14.1. The maximum atomic E-state index is 11.6. The second-order valence-electron chi connectivity index (χ2n) is 4.14. The third-order valence-corrected chi connectivity index (χ3v) is 2.95. The van der Waals surface area contributed by atoms with E-state index < -0.39 is 10.9 Å². The predicted molar refractivity (Wildman–Crippen MR) is 72.4 cm³/mol. The number of methoxy groups -OCH3 is 1. The summed E-state index contributed by atoms with van der Waals surface area (Å²) >= 11 is 0. The molecule has 0 fully saturated rings. The fourth-order valence-corrected chi connectivity index (χ4v) is 1.79. The minimum atomic E-state index is -0.708. The summed E-state index contributed by atoms with van der Waals surface area (Å²) in [5.41, 5.74) is 0.394. The van der Waals surface area contributed by atoms with Gasteiger partial charge in [-0.3, -0.25) is 10.1 Å². The first-order valence-corrected chi connectivity index (χ1v) is 6.16. The summed E-state index contributed by atoms with van der Waals surface area (Å²) in [6.45, 7) is 4.10. The van der Waals surface area contributed by atoms with Crippen molar-refractivity contribution < 1.29 is 14.5 Å². The van der Waals surface area contributed by atoms with E-state index in [2.05, 4.69) is 10.1 Å². The van der Waals surface area contributed by atoms with E-state index in [0.29, 0.717) is 5.69 Å². The zero-order valence-corrected chi connectivity index (χ0v) is 11.3. The standard InChI is InChI=1S/C13H18N2O4/c1-4-9(5-2)14-10-6-7-12(15(17)18)11(8-10)13(16)19-3/h6-9,14H,4-5H2,1-3H3. The Kier molecular flexibility index (Phi) is 5.29. The number of benzene rings is 1. The molecule has 104 valence electrons. The van der Waals surface area contributed by atoms with Crippen LogP contribution in [0.2, 0.25) is 0 Å². The van der Waals surface area contributed by atoms with Crippen molar-refractivity contribution in [2.75, 3.05) is 12.4 Å². The number of hydrogen-bond donors (Lipinski definition) is 1. The van der Waals surface area contributed by atoms with Gasteiger partial charge in [0, 0.05) is 17.8 Å². The van der Waals surface area contributed by atoms with Crippen molar-refractivity contribution in [1.29, 1.82) is 0 Å². The minimum absolute atomic E-state index is 0.0385. The normalized spacial score (nSPS) is 10.3. The van der Waals surface area contributed by atoms with Gasteiger partial charge >= 0.3 is 5.97 Å². The second kappa shape index (κ2) is 6.72. The Bertz CT molecular complexity index is 470. The molecular formula is C13H18N2O4. The van der Waals surface area contributed by atoms with Gasteiger partial charge in [0.25, 0.3) is 5.69 Å². The van der Waals surface area contributed by atoms with Gasteiger partial charge in [-0.25, -0.2) is 4.79 Å². The molecule has 0 saturated heterocycles. The van der Waals surface area contributed by atoms with E-state index in [0.717, 1.165) is 12.8 Å². The van der Waals surface area contributed by atoms with Gasteiger partial charge in [-0.2, -0.15) is 0 Å². The number of nitrogens with zero attached hydrogens (tertiary/aromatic N) is 1. The fraction of sp³-hybridized carbons (Fsp3) is 0.462. The minimum Gasteiger partial charge on any atom is -0.465 e. The van der Waals surface area contributed by atoms with Crippen molar-refractivity contribution in [2.45, 2.75) is 32.7 Å². The highest BCUT2D eigenvalue weighted by Gasteiger charge is 2.21. The number of carbonyl (C=O) groups excluding carboxylic acids is 1. The summed E-state index contributed by atoms with van der Waals surface area (Å²) in [4.78, 5) is 21.8. The molecule has 0 aliphatic carbocycles. The van der Waals surface area contributed by atoms with Crippen LogP contribution in [-0.4, -0.2) is 24.0 Å². The molecule has 0 aliphatic rings. The molecule has 0 amide bonds. The monoisotopic (exact) mass is 266 g/mol. The van der Waals surface area contributed by atoms with Crippen molar-refractivity contribution in [2.24, 2.45) is 0 Å². The molecule has 6 heteroatoms. The van der Waals surface area contributed by atoms with Crippen molar-refractivity contribution >= 4 is 17.3 Å². The maximum absolute atomic E-state index is 11.6. The summed E-state index contributed by atoms with van der Waals surface area (Å²) in [6.07, 6.45) is 1.86. The van der Waals surface area contributed by atoms with E-state index >= 15 is 0 Å². The molecule has 1 rings (SSSR count). The number of carbonyl (C=O) groups is 1. The van der Waals surface area contributed by atoms with Crippen LogP contribution in [0.3, 0.4) is 0 Å². The first-order valence-electron chi connectivity index (χ1n) is 6.16. The van der Waals surface area contributed by atoms with Crippen LogP contribution in [0, 0.1) is 10.1 Å². The molecule has 0 atom stereocenters. The average Bonchev–Trinajstić information content (AvgIpc) is 2.43. The Morgan fingerprint density at radius 1 is 1.42 bits per heavy atom. The molecule has 19 heavy (non-hydrogen) atoms. The molecule has 6 nitrogen and oxygen atoms in total. The van der Waals surface area contributed by atoms with Gasteiger partial charge in [-0.1, -0.05) is 13.8 Å². The summed E-state index contributed by atoms with van der Waals surface area (Å²) < 4.78 is 4.57. The summed E-state index contributed by atoms with van der Waals surface area (Å²) in [7, 11) is 1.20. The molecule has 1 aromatic carbocycles. The SMILES string of the molecule is CCC(CC)Nc1ccc([N+](=O)[O-])c(C(=O)OC)c1. The smallest absolute Gasteiger partial charge is 0.344 e. The van der Waals surface area contributed by atoms with Crippen LogP contribution < -0.4 is 5.32 Å². The lowest BCUT2D eigenvalue weighted by Crippen LogP contribution is -2.17. The van der Waals surface area contributed by atoms with Gasteiger partial charge in [0.15, 0.2) is 0 Å². The number of nitro groups is 1. The van der Waals surface area contributed by atoms with Crippen LogP contribution in [0.25, 0.3) is 0 Å². The van der Waals surface area contributed by atoms with E-state index in [1.807, 2.05) is 13.8 Å². The quantitative estimate of drug-likeness (QED) is 0.486. The van der Waals surface area contributed by atoms with Crippen LogP contribution in [0.4, 0.5) is 11.4 Å². The van der Waals surface area contributed by atoms with Gasteiger partial charge in [0.2, 0.25) is 0 Å². The molecular weight excluding hydrogens is 248 g/mol. The van der Waals surface area contributed by atoms with Crippen molar-refractivity contribution in [3.05, 3.63) is 33.9 Å². The average molecular weight is 266 g/mol. The van der Waals surface area contributed by atoms with Crippen molar-refractivity contribution in [1.82, 2.24) is 0 Å². The maximum Gasteiger partial charge on any atom is 0.344 e. The summed E-state index contributed by atoms with van der Waals surface area (Å²) in [5.74, 6) is -0.708. The number of rotatable bonds is 6. The van der Waals surface area contributed by atoms with Crippen molar-refractivity contribution in [3.63, 3.8) is 0 Å². The zero-order valence-electron chi connectivity index (χ0n) is 11.3. The van der Waals surface area contributed by atoms with Gasteiger partial charge in [-0.05, 0) is 25.0 Å². The Balaban J connectivity index is 3.11. The lowest BCUT2D eigenvalue weighted by Gasteiger charge is -2.16.